The van der Waals surface area contributed by atoms with Crippen LogP contribution >= 0.6 is 0 Å². The molecule has 0 aliphatic carbocycles. The van der Waals surface area contributed by atoms with Crippen LogP contribution in [0.2, 0.25) is 0 Å². The third-order valence-corrected chi connectivity index (χ3v) is 5.27. The molecule has 3 N–H and O–H groups in total. The number of rotatable bonds is 3. The number of aliphatic hydroxyl groups excluding tert-OH is 1. The van der Waals surface area contributed by atoms with Crippen molar-refractivity contribution in [3.63, 3.8) is 0 Å². The van der Waals surface area contributed by atoms with Gasteiger partial charge in [0.25, 0.3) is 5.56 Å². The number of pyridine rings is 2. The molecule has 2 aromatic heterocycles. The van der Waals surface area contributed by atoms with Crippen molar-refractivity contribution in [1.29, 1.82) is 0 Å². The topological polar surface area (TPSA) is 90.4 Å². The molecule has 29 heavy (non-hydrogen) atoms. The van der Waals surface area contributed by atoms with E-state index in [0.717, 1.165) is 16.3 Å². The zero-order chi connectivity index (χ0) is 20.9. The Bertz CT molecular complexity index is 1320. The molecule has 0 unspecified atom stereocenters. The molecule has 0 bridgehead atoms. The third kappa shape index (κ3) is 3.11. The fourth-order valence-corrected chi connectivity index (χ4v) is 3.71. The number of fused-ring (bicyclic) bond motifs is 3. The highest BCUT2D eigenvalue weighted by atomic mass is 16.5. The molecule has 2 aromatic carbocycles. The number of aromatic nitrogens is 2. The molecule has 6 heteroatoms. The summed E-state index contributed by atoms with van der Waals surface area (Å²) in [6, 6.07) is 11.0. The first-order valence-corrected chi connectivity index (χ1v) is 9.42. The van der Waals surface area contributed by atoms with Crippen molar-refractivity contribution in [1.82, 2.24) is 9.55 Å². The molecule has 1 atom stereocenters. The van der Waals surface area contributed by atoms with E-state index in [0.29, 0.717) is 39.3 Å². The lowest BCUT2D eigenvalue weighted by Crippen LogP contribution is -2.19. The molecule has 4 rings (SSSR count). The summed E-state index contributed by atoms with van der Waals surface area (Å²) in [5, 5.41) is 12.7. The van der Waals surface area contributed by atoms with Gasteiger partial charge in [0.15, 0.2) is 0 Å². The summed E-state index contributed by atoms with van der Waals surface area (Å²) < 4.78 is 7.67. The monoisotopic (exact) mass is 389 g/mol. The van der Waals surface area contributed by atoms with Gasteiger partial charge in [0.2, 0.25) is 0 Å². The van der Waals surface area contributed by atoms with Crippen LogP contribution in [0.5, 0.6) is 11.5 Å². The zero-order valence-electron chi connectivity index (χ0n) is 16.9. The molecule has 2 heterocycles. The maximum absolute atomic E-state index is 13.0. The van der Waals surface area contributed by atoms with Crippen molar-refractivity contribution in [2.24, 2.45) is 7.05 Å². The van der Waals surface area contributed by atoms with Crippen LogP contribution in [0.1, 0.15) is 29.8 Å². The minimum atomic E-state index is -0.767. The van der Waals surface area contributed by atoms with Gasteiger partial charge in [0.05, 0.1) is 28.4 Å². The van der Waals surface area contributed by atoms with Gasteiger partial charge in [-0.15, -0.1) is 0 Å². The molecule has 0 aliphatic rings. The number of anilines is 1. The molecule has 0 saturated heterocycles. The van der Waals surface area contributed by atoms with E-state index in [2.05, 4.69) is 4.98 Å². The van der Waals surface area contributed by atoms with Gasteiger partial charge in [-0.2, -0.15) is 0 Å². The highest BCUT2D eigenvalue weighted by Gasteiger charge is 2.18. The Morgan fingerprint density at radius 1 is 1.10 bits per heavy atom. The van der Waals surface area contributed by atoms with E-state index in [-0.39, 0.29) is 5.56 Å². The molecular formula is C23H23N3O3. The lowest BCUT2D eigenvalue weighted by molar-refractivity contribution is 0.196. The number of ether oxygens (including phenoxy) is 1. The second kappa shape index (κ2) is 6.90. The number of nitrogen functional groups attached to an aromatic ring is 1. The number of hydrogen-bond donors (Lipinski definition) is 2. The van der Waals surface area contributed by atoms with Crippen molar-refractivity contribution in [2.75, 3.05) is 5.73 Å². The predicted molar refractivity (Wildman–Crippen MR) is 116 cm³/mol. The third-order valence-electron chi connectivity index (χ3n) is 5.27. The second-order valence-electron chi connectivity index (χ2n) is 7.41. The van der Waals surface area contributed by atoms with Crippen LogP contribution in [-0.2, 0) is 7.05 Å². The van der Waals surface area contributed by atoms with Gasteiger partial charge >= 0.3 is 0 Å². The maximum atomic E-state index is 13.0. The number of hydrogen-bond acceptors (Lipinski definition) is 5. The van der Waals surface area contributed by atoms with E-state index in [9.17, 15) is 9.90 Å². The normalized spacial score (nSPS) is 12.4. The van der Waals surface area contributed by atoms with Gasteiger partial charge in [-0.3, -0.25) is 9.78 Å². The van der Waals surface area contributed by atoms with Gasteiger partial charge in [0, 0.05) is 30.3 Å². The van der Waals surface area contributed by atoms with Crippen LogP contribution < -0.4 is 16.0 Å². The van der Waals surface area contributed by atoms with E-state index in [4.69, 9.17) is 10.5 Å². The standard InChI is InChI=1S/C23H23N3O3/c1-12-5-6-20(18(24)9-12)29-21-11-19-17(10-16(21)14(3)27)15-7-8-25-13(2)22(15)23(28)26(19)4/h5-11,14,27H,24H2,1-4H3/t14-/m0/s1. The number of aliphatic hydroxyl groups is 1. The van der Waals surface area contributed by atoms with Crippen molar-refractivity contribution in [3.05, 3.63) is 69.8 Å². The van der Waals surface area contributed by atoms with Gasteiger partial charge in [-0.1, -0.05) is 6.07 Å². The molecule has 6 nitrogen and oxygen atoms in total. The Morgan fingerprint density at radius 2 is 1.86 bits per heavy atom. The first kappa shape index (κ1) is 19.0. The summed E-state index contributed by atoms with van der Waals surface area (Å²) in [6.45, 7) is 5.46. The predicted octanol–water partition coefficient (Wildman–Crippen LogP) is 4.13. The van der Waals surface area contributed by atoms with Gasteiger partial charge in [0.1, 0.15) is 11.5 Å². The van der Waals surface area contributed by atoms with Crippen molar-refractivity contribution < 1.29 is 9.84 Å². The Labute approximate surface area is 168 Å². The van der Waals surface area contributed by atoms with E-state index >= 15 is 0 Å². The molecule has 0 radical (unpaired) electrons. The van der Waals surface area contributed by atoms with E-state index in [1.807, 2.05) is 38.1 Å². The number of aryl methyl sites for hydroxylation is 3. The maximum Gasteiger partial charge on any atom is 0.260 e. The summed E-state index contributed by atoms with van der Waals surface area (Å²) >= 11 is 0. The van der Waals surface area contributed by atoms with Crippen molar-refractivity contribution in [3.8, 4) is 11.5 Å². The van der Waals surface area contributed by atoms with Crippen molar-refractivity contribution in [2.45, 2.75) is 26.9 Å². The van der Waals surface area contributed by atoms with E-state index < -0.39 is 6.10 Å². The van der Waals surface area contributed by atoms with Crippen LogP contribution in [0.15, 0.2) is 47.4 Å². The summed E-state index contributed by atoms with van der Waals surface area (Å²) in [4.78, 5) is 17.2. The van der Waals surface area contributed by atoms with Crippen LogP contribution in [0, 0.1) is 13.8 Å². The van der Waals surface area contributed by atoms with Crippen LogP contribution in [0.4, 0.5) is 5.69 Å². The smallest absolute Gasteiger partial charge is 0.260 e. The second-order valence-corrected chi connectivity index (χ2v) is 7.41. The molecule has 0 spiro atoms. The number of nitrogens with zero attached hydrogens (tertiary/aromatic N) is 2. The molecule has 4 aromatic rings. The molecular weight excluding hydrogens is 366 g/mol. The Kier molecular flexibility index (Phi) is 4.51. The van der Waals surface area contributed by atoms with Gasteiger partial charge in [-0.05, 0) is 56.0 Å². The SMILES string of the molecule is Cc1ccc(Oc2cc3c(cc2[C@H](C)O)c2ccnc(C)c2c(=O)n3C)c(N)c1. The van der Waals surface area contributed by atoms with Crippen LogP contribution in [-0.4, -0.2) is 14.7 Å². The molecule has 0 amide bonds. The average Bonchev–Trinajstić information content (AvgIpc) is 2.67. The average molecular weight is 389 g/mol. The highest BCUT2D eigenvalue weighted by molar-refractivity contribution is 6.07. The molecule has 0 saturated carbocycles. The summed E-state index contributed by atoms with van der Waals surface area (Å²) in [5.41, 5.74) is 9.52. The lowest BCUT2D eigenvalue weighted by Gasteiger charge is -2.18. The Morgan fingerprint density at radius 3 is 2.55 bits per heavy atom. The minimum absolute atomic E-state index is 0.122. The van der Waals surface area contributed by atoms with Gasteiger partial charge in [-0.25, -0.2) is 0 Å². The van der Waals surface area contributed by atoms with E-state index in [1.54, 1.807) is 36.9 Å². The molecule has 0 fully saturated rings. The summed E-state index contributed by atoms with van der Waals surface area (Å²) in [7, 11) is 1.72. The first-order chi connectivity index (χ1) is 13.8. The zero-order valence-corrected chi connectivity index (χ0v) is 16.9. The van der Waals surface area contributed by atoms with Crippen LogP contribution in [0.25, 0.3) is 21.7 Å². The number of benzene rings is 2. The van der Waals surface area contributed by atoms with E-state index in [1.165, 1.54) is 0 Å². The quantitative estimate of drug-likeness (QED) is 0.406. The number of nitrogens with two attached hydrogens (primary N) is 1. The fraction of sp³-hybridized carbons (Fsp3) is 0.217. The Hall–Kier alpha value is -3.38. The van der Waals surface area contributed by atoms with Crippen molar-refractivity contribution >= 4 is 27.4 Å². The fourth-order valence-electron chi connectivity index (χ4n) is 3.71. The molecule has 0 aliphatic heterocycles. The first-order valence-electron chi connectivity index (χ1n) is 9.42. The highest BCUT2D eigenvalue weighted by Crippen LogP contribution is 2.37. The van der Waals surface area contributed by atoms with Gasteiger partial charge < -0.3 is 20.1 Å². The lowest BCUT2D eigenvalue weighted by atomic mass is 10.0. The summed E-state index contributed by atoms with van der Waals surface area (Å²) in [5.74, 6) is 0.964. The largest absolute Gasteiger partial charge is 0.455 e. The van der Waals surface area contributed by atoms with Crippen LogP contribution in [0.3, 0.4) is 0 Å². The minimum Gasteiger partial charge on any atom is -0.455 e. The molecule has 148 valence electrons. The Balaban J connectivity index is 2.03. The summed E-state index contributed by atoms with van der Waals surface area (Å²) in [6.07, 6.45) is 0.923.